The summed E-state index contributed by atoms with van der Waals surface area (Å²) in [5, 5.41) is 8.36. The van der Waals surface area contributed by atoms with Gasteiger partial charge in [0.25, 0.3) is 0 Å². The molecule has 0 aromatic rings. The lowest BCUT2D eigenvalue weighted by Gasteiger charge is -2.14. The topological polar surface area (TPSA) is 66.8 Å². The van der Waals surface area contributed by atoms with E-state index in [9.17, 15) is 9.59 Å². The third-order valence-electron chi connectivity index (χ3n) is 1.12. The molecule has 0 spiro atoms. The van der Waals surface area contributed by atoms with Gasteiger partial charge >= 0.3 is 12.1 Å². The maximum Gasteiger partial charge on any atom is 0.410 e. The molecule has 0 heterocycles. The second-order valence-corrected chi connectivity index (χ2v) is 4.73. The summed E-state index contributed by atoms with van der Waals surface area (Å²) >= 11 is 2.11. The minimum atomic E-state index is -1.05. The van der Waals surface area contributed by atoms with E-state index in [-0.39, 0.29) is 10.5 Å². The number of halogens is 1. The van der Waals surface area contributed by atoms with Crippen molar-refractivity contribution in [2.24, 2.45) is 0 Å². The highest BCUT2D eigenvalue weighted by Crippen LogP contribution is 2.00. The van der Waals surface area contributed by atoms with E-state index in [4.69, 9.17) is 9.84 Å². The summed E-state index contributed by atoms with van der Waals surface area (Å²) in [7, 11) is 1.38. The number of likely N-dealkylation sites (N-methyl/N-ethyl adjacent to an activating group) is 1. The molecule has 0 aromatic heterocycles. The third kappa shape index (κ3) is 6.62. The maximum absolute atomic E-state index is 11.0. The summed E-state index contributed by atoms with van der Waals surface area (Å²) in [6.07, 6.45) is -0.606. The Morgan fingerprint density at radius 1 is 1.62 bits per heavy atom. The number of hydrogen-bond acceptors (Lipinski definition) is 3. The monoisotopic (exact) mass is 301 g/mol. The van der Waals surface area contributed by atoms with Crippen LogP contribution in [0.4, 0.5) is 4.79 Å². The smallest absolute Gasteiger partial charge is 0.410 e. The van der Waals surface area contributed by atoms with E-state index in [1.165, 1.54) is 7.05 Å². The molecular formula is C7H12INO4. The van der Waals surface area contributed by atoms with Gasteiger partial charge in [-0.15, -0.1) is 0 Å². The molecule has 0 aromatic carbocycles. The Balaban J connectivity index is 3.76. The first-order chi connectivity index (χ1) is 5.93. The van der Waals surface area contributed by atoms with Crippen LogP contribution in [-0.2, 0) is 9.53 Å². The van der Waals surface area contributed by atoms with Crippen LogP contribution in [0.5, 0.6) is 0 Å². The number of carbonyl (C=O) groups is 2. The zero-order valence-corrected chi connectivity index (χ0v) is 9.65. The highest BCUT2D eigenvalue weighted by molar-refractivity contribution is 14.1. The summed E-state index contributed by atoms with van der Waals surface area (Å²) in [6.45, 7) is 1.85. The average Bonchev–Trinajstić information content (AvgIpc) is 1.98. The van der Waals surface area contributed by atoms with Gasteiger partial charge in [0.15, 0.2) is 0 Å². The Bertz CT molecular complexity index is 195. The van der Waals surface area contributed by atoms with Crippen LogP contribution in [-0.4, -0.2) is 46.2 Å². The first-order valence-corrected chi connectivity index (χ1v) is 4.91. The van der Waals surface area contributed by atoms with Gasteiger partial charge in [0.1, 0.15) is 13.2 Å². The summed E-state index contributed by atoms with van der Waals surface area (Å²) in [4.78, 5) is 22.2. The van der Waals surface area contributed by atoms with Crippen LogP contribution >= 0.6 is 22.6 Å². The summed E-state index contributed by atoms with van der Waals surface area (Å²) in [6, 6.07) is 0. The predicted molar refractivity (Wildman–Crippen MR) is 55.1 cm³/mol. The first-order valence-electron chi connectivity index (χ1n) is 3.67. The van der Waals surface area contributed by atoms with E-state index < -0.39 is 12.1 Å². The van der Waals surface area contributed by atoms with Gasteiger partial charge in [-0.1, -0.05) is 29.5 Å². The first kappa shape index (κ1) is 12.5. The summed E-state index contributed by atoms with van der Waals surface area (Å²) in [5.74, 6) is -1.05. The SMILES string of the molecule is CC(I)COC(=O)N(C)CC(=O)O. The molecule has 1 amide bonds. The van der Waals surface area contributed by atoms with E-state index in [0.717, 1.165) is 4.90 Å². The molecule has 1 unspecified atom stereocenters. The van der Waals surface area contributed by atoms with Crippen molar-refractivity contribution in [2.45, 2.75) is 10.8 Å². The minimum Gasteiger partial charge on any atom is -0.480 e. The van der Waals surface area contributed by atoms with Crippen molar-refractivity contribution in [3.05, 3.63) is 0 Å². The Kier molecular flexibility index (Phi) is 5.76. The number of alkyl halides is 1. The number of rotatable bonds is 4. The lowest BCUT2D eigenvalue weighted by molar-refractivity contribution is -0.137. The second-order valence-electron chi connectivity index (χ2n) is 2.61. The number of carboxylic acid groups (broad SMARTS) is 1. The molecule has 1 atom stereocenters. The van der Waals surface area contributed by atoms with Crippen molar-refractivity contribution in [1.29, 1.82) is 0 Å². The van der Waals surface area contributed by atoms with Crippen molar-refractivity contribution in [3.63, 3.8) is 0 Å². The van der Waals surface area contributed by atoms with Crippen molar-refractivity contribution in [3.8, 4) is 0 Å². The molecule has 1 N–H and O–H groups in total. The molecule has 0 aliphatic carbocycles. The molecule has 0 saturated heterocycles. The van der Waals surface area contributed by atoms with Crippen LogP contribution in [0, 0.1) is 0 Å². The quantitative estimate of drug-likeness (QED) is 0.620. The van der Waals surface area contributed by atoms with Gasteiger partial charge in [0.2, 0.25) is 0 Å². The molecule has 6 heteroatoms. The molecule has 0 aliphatic heterocycles. The summed E-state index contributed by atoms with van der Waals surface area (Å²) in [5.41, 5.74) is 0. The van der Waals surface area contributed by atoms with E-state index in [2.05, 4.69) is 22.6 Å². The normalized spacial score (nSPS) is 11.9. The highest BCUT2D eigenvalue weighted by Gasteiger charge is 2.13. The van der Waals surface area contributed by atoms with E-state index in [1.807, 2.05) is 6.92 Å². The van der Waals surface area contributed by atoms with Gasteiger partial charge in [-0.3, -0.25) is 4.79 Å². The molecular weight excluding hydrogens is 289 g/mol. The standard InChI is InChI=1S/C7H12INO4/c1-5(8)4-13-7(12)9(2)3-6(10)11/h5H,3-4H2,1-2H3,(H,10,11). The molecule has 5 nitrogen and oxygen atoms in total. The van der Waals surface area contributed by atoms with Crippen molar-refractivity contribution in [1.82, 2.24) is 4.90 Å². The van der Waals surface area contributed by atoms with Crippen LogP contribution in [0.1, 0.15) is 6.92 Å². The Labute approximate surface area is 90.2 Å². The van der Waals surface area contributed by atoms with Gasteiger partial charge < -0.3 is 14.7 Å². The fourth-order valence-corrected chi connectivity index (χ4v) is 0.744. The average molecular weight is 301 g/mol. The fraction of sp³-hybridized carbons (Fsp3) is 0.714. The number of carbonyl (C=O) groups excluding carboxylic acids is 1. The van der Waals surface area contributed by atoms with E-state index >= 15 is 0 Å². The number of carboxylic acids is 1. The van der Waals surface area contributed by atoms with Crippen LogP contribution in [0.3, 0.4) is 0 Å². The molecule has 76 valence electrons. The van der Waals surface area contributed by atoms with Crippen molar-refractivity contribution in [2.75, 3.05) is 20.2 Å². The number of ether oxygens (including phenoxy) is 1. The lowest BCUT2D eigenvalue weighted by Crippen LogP contribution is -2.33. The molecule has 0 bridgehead atoms. The van der Waals surface area contributed by atoms with Crippen LogP contribution in [0.25, 0.3) is 0 Å². The van der Waals surface area contributed by atoms with Gasteiger partial charge in [-0.2, -0.15) is 0 Å². The molecule has 0 aliphatic rings. The van der Waals surface area contributed by atoms with E-state index in [1.54, 1.807) is 0 Å². The maximum atomic E-state index is 11.0. The lowest BCUT2D eigenvalue weighted by atomic mass is 10.5. The molecule has 13 heavy (non-hydrogen) atoms. The third-order valence-corrected chi connectivity index (χ3v) is 1.48. The Morgan fingerprint density at radius 2 is 2.15 bits per heavy atom. The van der Waals surface area contributed by atoms with Gasteiger partial charge in [0, 0.05) is 11.0 Å². The zero-order chi connectivity index (χ0) is 10.4. The number of amides is 1. The molecule has 0 radical (unpaired) electrons. The van der Waals surface area contributed by atoms with Gasteiger partial charge in [-0.05, 0) is 0 Å². The number of aliphatic carboxylic acids is 1. The number of hydrogen-bond donors (Lipinski definition) is 1. The second kappa shape index (κ2) is 6.01. The molecule has 0 fully saturated rings. The van der Waals surface area contributed by atoms with Crippen molar-refractivity contribution >= 4 is 34.7 Å². The Morgan fingerprint density at radius 3 is 2.54 bits per heavy atom. The zero-order valence-electron chi connectivity index (χ0n) is 7.49. The summed E-state index contributed by atoms with van der Waals surface area (Å²) < 4.78 is 5.00. The largest absolute Gasteiger partial charge is 0.480 e. The van der Waals surface area contributed by atoms with Gasteiger partial charge in [-0.25, -0.2) is 4.79 Å². The minimum absolute atomic E-state index is 0.222. The molecule has 0 rings (SSSR count). The highest BCUT2D eigenvalue weighted by atomic mass is 127. The Hall–Kier alpha value is -0.530. The van der Waals surface area contributed by atoms with E-state index in [0.29, 0.717) is 6.61 Å². The van der Waals surface area contributed by atoms with Crippen LogP contribution in [0.15, 0.2) is 0 Å². The van der Waals surface area contributed by atoms with Gasteiger partial charge in [0.05, 0.1) is 0 Å². The van der Waals surface area contributed by atoms with Crippen molar-refractivity contribution < 1.29 is 19.4 Å². The van der Waals surface area contributed by atoms with Crippen LogP contribution < -0.4 is 0 Å². The predicted octanol–water partition coefficient (Wildman–Crippen LogP) is 0.963. The fourth-order valence-electron chi connectivity index (χ4n) is 0.564. The van der Waals surface area contributed by atoms with Crippen LogP contribution in [0.2, 0.25) is 0 Å². The number of nitrogens with zero attached hydrogens (tertiary/aromatic N) is 1. The molecule has 0 saturated carbocycles.